The average molecular weight is 218 g/mol. The van der Waals surface area contributed by atoms with Crippen LogP contribution < -0.4 is 11.1 Å². The van der Waals surface area contributed by atoms with E-state index in [1.165, 1.54) is 0 Å². The molecule has 6 heteroatoms. The molecule has 0 saturated carbocycles. The van der Waals surface area contributed by atoms with E-state index in [1.54, 1.807) is 10.9 Å². The Kier molecular flexibility index (Phi) is 3.11. The molecule has 0 radical (unpaired) electrons. The summed E-state index contributed by atoms with van der Waals surface area (Å²) in [7, 11) is 1.87. The molecule has 3 N–H and O–H groups in total. The summed E-state index contributed by atoms with van der Waals surface area (Å²) in [6, 6.07) is 3.74. The first kappa shape index (κ1) is 10.6. The van der Waals surface area contributed by atoms with Crippen molar-refractivity contribution in [2.75, 3.05) is 18.4 Å². The zero-order valence-corrected chi connectivity index (χ0v) is 9.09. The van der Waals surface area contributed by atoms with Gasteiger partial charge in [0.1, 0.15) is 5.69 Å². The lowest BCUT2D eigenvalue weighted by Crippen LogP contribution is -2.14. The van der Waals surface area contributed by atoms with Gasteiger partial charge in [-0.05, 0) is 12.1 Å². The zero-order chi connectivity index (χ0) is 11.4. The van der Waals surface area contributed by atoms with Crippen molar-refractivity contribution >= 4 is 5.95 Å². The fourth-order valence-electron chi connectivity index (χ4n) is 1.32. The number of nitrogens with zero attached hydrogens (tertiary/aromatic N) is 4. The summed E-state index contributed by atoms with van der Waals surface area (Å²) in [4.78, 5) is 8.44. The summed E-state index contributed by atoms with van der Waals surface area (Å²) in [5.74, 6) is 0.577. The van der Waals surface area contributed by atoms with E-state index < -0.39 is 0 Å². The second kappa shape index (κ2) is 4.71. The van der Waals surface area contributed by atoms with E-state index in [9.17, 15) is 0 Å². The van der Waals surface area contributed by atoms with E-state index in [1.807, 2.05) is 25.4 Å². The van der Waals surface area contributed by atoms with Gasteiger partial charge in [-0.15, -0.1) is 0 Å². The van der Waals surface area contributed by atoms with Crippen LogP contribution in [0.5, 0.6) is 0 Å². The van der Waals surface area contributed by atoms with Crippen molar-refractivity contribution in [3.05, 3.63) is 24.5 Å². The Morgan fingerprint density at radius 3 is 2.94 bits per heavy atom. The van der Waals surface area contributed by atoms with Gasteiger partial charge in [-0.25, -0.2) is 9.97 Å². The maximum absolute atomic E-state index is 5.40. The van der Waals surface area contributed by atoms with Gasteiger partial charge >= 0.3 is 0 Å². The van der Waals surface area contributed by atoms with Crippen molar-refractivity contribution in [3.63, 3.8) is 0 Å². The highest BCUT2D eigenvalue weighted by Gasteiger charge is 2.04. The zero-order valence-electron chi connectivity index (χ0n) is 9.09. The lowest BCUT2D eigenvalue weighted by Gasteiger charge is -2.03. The van der Waals surface area contributed by atoms with E-state index in [-0.39, 0.29) is 0 Å². The number of rotatable bonds is 4. The lowest BCUT2D eigenvalue weighted by atomic mass is 10.3. The molecule has 2 heterocycles. The second-order valence-corrected chi connectivity index (χ2v) is 3.36. The Labute approximate surface area is 93.5 Å². The molecule has 0 aromatic carbocycles. The molecule has 16 heavy (non-hydrogen) atoms. The molecular weight excluding hydrogens is 204 g/mol. The van der Waals surface area contributed by atoms with Gasteiger partial charge in [0.05, 0.1) is 5.69 Å². The largest absolute Gasteiger partial charge is 0.353 e. The minimum absolute atomic E-state index is 0.553. The monoisotopic (exact) mass is 218 g/mol. The molecule has 0 aliphatic rings. The summed E-state index contributed by atoms with van der Waals surface area (Å²) in [5.41, 5.74) is 7.03. The van der Waals surface area contributed by atoms with Crippen molar-refractivity contribution in [2.24, 2.45) is 12.8 Å². The Bertz CT molecular complexity index is 464. The van der Waals surface area contributed by atoms with Gasteiger partial charge in [0.25, 0.3) is 0 Å². The van der Waals surface area contributed by atoms with Crippen molar-refractivity contribution < 1.29 is 0 Å². The number of aryl methyl sites for hydroxylation is 1. The minimum Gasteiger partial charge on any atom is -0.353 e. The molecule has 2 aromatic heterocycles. The Morgan fingerprint density at radius 1 is 1.38 bits per heavy atom. The van der Waals surface area contributed by atoms with E-state index in [0.29, 0.717) is 19.0 Å². The first-order valence-corrected chi connectivity index (χ1v) is 5.06. The van der Waals surface area contributed by atoms with Crippen LogP contribution in [0.3, 0.4) is 0 Å². The third-order valence-corrected chi connectivity index (χ3v) is 2.06. The standard InChI is InChI=1S/C10H14N6/c1-16-7-3-9(15-16)8-2-5-12-10(14-8)13-6-4-11/h2-3,5,7H,4,6,11H2,1H3,(H,12,13,14). The predicted molar refractivity (Wildman–Crippen MR) is 61.8 cm³/mol. The summed E-state index contributed by atoms with van der Waals surface area (Å²) >= 11 is 0. The third kappa shape index (κ3) is 2.34. The fourth-order valence-corrected chi connectivity index (χ4v) is 1.32. The van der Waals surface area contributed by atoms with Gasteiger partial charge in [-0.1, -0.05) is 0 Å². The molecule has 0 unspecified atom stereocenters. The van der Waals surface area contributed by atoms with Gasteiger partial charge in [-0.2, -0.15) is 5.10 Å². The van der Waals surface area contributed by atoms with Gasteiger partial charge in [0.2, 0.25) is 5.95 Å². The SMILES string of the molecule is Cn1ccc(-c2ccnc(NCCN)n2)n1. The van der Waals surface area contributed by atoms with Crippen LogP contribution in [0.2, 0.25) is 0 Å². The number of hydrogen-bond donors (Lipinski definition) is 2. The number of nitrogens with one attached hydrogen (secondary N) is 1. The molecule has 2 rings (SSSR count). The normalized spacial score (nSPS) is 10.4. The van der Waals surface area contributed by atoms with Gasteiger partial charge in [0.15, 0.2) is 0 Å². The number of hydrogen-bond acceptors (Lipinski definition) is 5. The first-order chi connectivity index (χ1) is 7.79. The molecule has 0 aliphatic heterocycles. The van der Waals surface area contributed by atoms with Gasteiger partial charge in [-0.3, -0.25) is 4.68 Å². The molecule has 0 spiro atoms. The molecule has 0 fully saturated rings. The quantitative estimate of drug-likeness (QED) is 0.768. The van der Waals surface area contributed by atoms with Crippen molar-refractivity contribution in [3.8, 4) is 11.4 Å². The molecule has 0 amide bonds. The summed E-state index contributed by atoms with van der Waals surface area (Å²) in [6.45, 7) is 1.21. The molecule has 0 bridgehead atoms. The molecule has 0 aliphatic carbocycles. The van der Waals surface area contributed by atoms with Crippen LogP contribution in [0.4, 0.5) is 5.95 Å². The Hall–Kier alpha value is -1.95. The Morgan fingerprint density at radius 2 is 2.25 bits per heavy atom. The molecule has 0 atom stereocenters. The number of nitrogens with two attached hydrogens (primary N) is 1. The van der Waals surface area contributed by atoms with Crippen LogP contribution in [0.15, 0.2) is 24.5 Å². The van der Waals surface area contributed by atoms with Crippen LogP contribution in [0.1, 0.15) is 0 Å². The molecule has 6 nitrogen and oxygen atoms in total. The minimum atomic E-state index is 0.553. The Balaban J connectivity index is 2.22. The first-order valence-electron chi connectivity index (χ1n) is 5.06. The maximum Gasteiger partial charge on any atom is 0.223 e. The molecular formula is C10H14N6. The van der Waals surface area contributed by atoms with Crippen LogP contribution in [-0.2, 0) is 7.05 Å². The number of anilines is 1. The number of aromatic nitrogens is 4. The van der Waals surface area contributed by atoms with Crippen molar-refractivity contribution in [2.45, 2.75) is 0 Å². The highest BCUT2D eigenvalue weighted by molar-refractivity contribution is 5.54. The van der Waals surface area contributed by atoms with E-state index in [4.69, 9.17) is 5.73 Å². The maximum atomic E-state index is 5.40. The summed E-state index contributed by atoms with van der Waals surface area (Å²) < 4.78 is 1.74. The topological polar surface area (TPSA) is 81.7 Å². The predicted octanol–water partition coefficient (Wildman–Crippen LogP) is 0.248. The smallest absolute Gasteiger partial charge is 0.223 e. The second-order valence-electron chi connectivity index (χ2n) is 3.36. The van der Waals surface area contributed by atoms with Crippen molar-refractivity contribution in [1.82, 2.24) is 19.7 Å². The van der Waals surface area contributed by atoms with E-state index in [0.717, 1.165) is 11.4 Å². The van der Waals surface area contributed by atoms with Crippen LogP contribution in [0, 0.1) is 0 Å². The van der Waals surface area contributed by atoms with Gasteiger partial charge < -0.3 is 11.1 Å². The van der Waals surface area contributed by atoms with Crippen LogP contribution >= 0.6 is 0 Å². The lowest BCUT2D eigenvalue weighted by molar-refractivity contribution is 0.770. The molecule has 0 saturated heterocycles. The van der Waals surface area contributed by atoms with Crippen LogP contribution in [0.25, 0.3) is 11.4 Å². The highest BCUT2D eigenvalue weighted by Crippen LogP contribution is 2.14. The third-order valence-electron chi connectivity index (χ3n) is 2.06. The summed E-state index contributed by atoms with van der Waals surface area (Å²) in [5, 5.41) is 7.31. The fraction of sp³-hybridized carbons (Fsp3) is 0.300. The summed E-state index contributed by atoms with van der Waals surface area (Å²) in [6.07, 6.45) is 3.58. The van der Waals surface area contributed by atoms with Gasteiger partial charge in [0, 0.05) is 32.5 Å². The van der Waals surface area contributed by atoms with Crippen molar-refractivity contribution in [1.29, 1.82) is 0 Å². The average Bonchev–Trinajstić information content (AvgIpc) is 2.74. The van der Waals surface area contributed by atoms with Crippen LogP contribution in [-0.4, -0.2) is 32.8 Å². The highest BCUT2D eigenvalue weighted by atomic mass is 15.3. The molecule has 84 valence electrons. The van der Waals surface area contributed by atoms with E-state index >= 15 is 0 Å². The molecule has 2 aromatic rings. The van der Waals surface area contributed by atoms with E-state index in [2.05, 4.69) is 20.4 Å².